The summed E-state index contributed by atoms with van der Waals surface area (Å²) in [6.07, 6.45) is -0.331. The molecular weight excluding hydrogens is 280 g/mol. The Bertz CT molecular complexity index is 318. The fraction of sp³-hybridized carbons (Fsp3) is 0.333. The molecule has 2 rings (SSSR count). The first-order valence-electron chi connectivity index (χ1n) is 2.77. The third-order valence-electron chi connectivity index (χ3n) is 1.38. The molecule has 1 atom stereocenters. The first kappa shape index (κ1) is 7.88. The zero-order valence-corrected chi connectivity index (χ0v) is 8.97. The zero-order chi connectivity index (χ0) is 8.22. The van der Waals surface area contributed by atoms with Crippen molar-refractivity contribution in [3.8, 4) is 0 Å². The Morgan fingerprint density at radius 1 is 1.64 bits per heavy atom. The second-order valence-corrected chi connectivity index (χ2v) is 9.11. The maximum atomic E-state index is 10.5. The van der Waals surface area contributed by atoms with Crippen molar-refractivity contribution >= 4 is 37.2 Å². The molecule has 0 spiro atoms. The zero-order valence-electron chi connectivity index (χ0n) is 5.22. The summed E-state index contributed by atoms with van der Waals surface area (Å²) in [7, 11) is -4.00. The van der Waals surface area contributed by atoms with E-state index in [2.05, 4.69) is 3.07 Å². The Hall–Kier alpha value is 0.249. The van der Waals surface area contributed by atoms with Gasteiger partial charge in [-0.1, -0.05) is 0 Å². The van der Waals surface area contributed by atoms with Gasteiger partial charge in [0.05, 0.1) is 0 Å². The number of nitrogens with zero attached hydrogens (tertiary/aromatic N) is 1. The van der Waals surface area contributed by atoms with Crippen LogP contribution in [0.1, 0.15) is 0 Å². The Balaban J connectivity index is 1.97. The quantitative estimate of drug-likeness (QED) is 0.459. The summed E-state index contributed by atoms with van der Waals surface area (Å²) < 4.78 is 17.1. The van der Waals surface area contributed by atoms with Crippen LogP contribution in [-0.2, 0) is 12.4 Å². The second kappa shape index (κ2) is 2.14. The van der Waals surface area contributed by atoms with Gasteiger partial charge in [-0.15, -0.1) is 0 Å². The molecule has 8 heteroatoms. The molecule has 1 unspecified atom stereocenters. The Morgan fingerprint density at radius 3 is 2.55 bits per heavy atom. The SMILES string of the molecule is O=C1[O][Sn]2=[C]1[N]2CP(=O)(O)O. The van der Waals surface area contributed by atoms with E-state index in [1.54, 1.807) is 0 Å². The van der Waals surface area contributed by atoms with E-state index in [0.717, 1.165) is 0 Å². The predicted molar refractivity (Wildman–Crippen MR) is 35.6 cm³/mol. The predicted octanol–water partition coefficient (Wildman–Crippen LogP) is -1.81. The summed E-state index contributed by atoms with van der Waals surface area (Å²) in [5.74, 6) is -0.382. The number of rotatable bonds is 2. The van der Waals surface area contributed by atoms with Crippen LogP contribution in [0.4, 0.5) is 0 Å². The van der Waals surface area contributed by atoms with Crippen LogP contribution in [0.5, 0.6) is 0 Å². The summed E-state index contributed by atoms with van der Waals surface area (Å²) in [6, 6.07) is 0. The average Bonchev–Trinajstić information content (AvgIpc) is 2.30. The van der Waals surface area contributed by atoms with Gasteiger partial charge in [-0.25, -0.2) is 0 Å². The van der Waals surface area contributed by atoms with E-state index in [4.69, 9.17) is 9.79 Å². The normalized spacial score (nSPS) is 27.5. The van der Waals surface area contributed by atoms with E-state index < -0.39 is 27.6 Å². The maximum absolute atomic E-state index is 10.5. The number of carbonyl (C=O) groups is 1. The van der Waals surface area contributed by atoms with Crippen molar-refractivity contribution in [3.63, 3.8) is 0 Å². The molecule has 2 aliphatic heterocycles. The van der Waals surface area contributed by atoms with Gasteiger partial charge >= 0.3 is 68.8 Å². The molecule has 11 heavy (non-hydrogen) atoms. The first-order chi connectivity index (χ1) is 4.99. The molecule has 2 aliphatic rings. The van der Waals surface area contributed by atoms with Crippen molar-refractivity contribution in [2.24, 2.45) is 0 Å². The molecule has 2 heterocycles. The van der Waals surface area contributed by atoms with Gasteiger partial charge in [0.2, 0.25) is 0 Å². The van der Waals surface area contributed by atoms with Crippen LogP contribution >= 0.6 is 7.60 Å². The van der Waals surface area contributed by atoms with Crippen molar-refractivity contribution < 1.29 is 22.2 Å². The third kappa shape index (κ3) is 1.29. The van der Waals surface area contributed by atoms with Crippen LogP contribution in [-0.4, -0.2) is 48.8 Å². The molecule has 0 aliphatic carbocycles. The topological polar surface area (TPSA) is 86.8 Å². The van der Waals surface area contributed by atoms with Crippen molar-refractivity contribution in [2.75, 3.05) is 6.29 Å². The van der Waals surface area contributed by atoms with E-state index in [1.165, 1.54) is 3.12 Å². The Morgan fingerprint density at radius 2 is 2.27 bits per heavy atom. The fourth-order valence-corrected chi connectivity index (χ4v) is 8.58. The molecule has 0 bridgehead atoms. The number of hydrogen-bond acceptors (Lipinski definition) is 4. The molecule has 0 radical (unpaired) electrons. The number of carbonyl (C=O) groups excluding carboxylic acids is 1. The molecule has 0 fully saturated rings. The molecule has 0 amide bonds. The van der Waals surface area contributed by atoms with Gasteiger partial charge in [0.1, 0.15) is 0 Å². The van der Waals surface area contributed by atoms with E-state index in [0.29, 0.717) is 3.64 Å². The minimum atomic E-state index is -4.00. The summed E-state index contributed by atoms with van der Waals surface area (Å²) in [5.41, 5.74) is 0. The van der Waals surface area contributed by atoms with Crippen LogP contribution in [0.3, 0.4) is 0 Å². The van der Waals surface area contributed by atoms with Gasteiger partial charge in [-0.2, -0.15) is 0 Å². The van der Waals surface area contributed by atoms with E-state index >= 15 is 0 Å². The molecule has 6 nitrogen and oxygen atoms in total. The van der Waals surface area contributed by atoms with Crippen LogP contribution < -0.4 is 0 Å². The second-order valence-electron chi connectivity index (χ2n) is 2.28. The van der Waals surface area contributed by atoms with Crippen molar-refractivity contribution in [3.05, 3.63) is 0 Å². The van der Waals surface area contributed by atoms with Gasteiger partial charge in [0.25, 0.3) is 0 Å². The molecule has 0 aromatic carbocycles. The summed E-state index contributed by atoms with van der Waals surface area (Å²) >= 11 is -2.18. The minimum absolute atomic E-state index is 0.331. The van der Waals surface area contributed by atoms with Gasteiger partial charge in [0, 0.05) is 0 Å². The molecule has 0 aromatic heterocycles. The third-order valence-corrected chi connectivity index (χ3v) is 8.26. The summed E-state index contributed by atoms with van der Waals surface area (Å²) in [6.45, 7) is 0. The van der Waals surface area contributed by atoms with Crippen molar-refractivity contribution in [2.45, 2.75) is 0 Å². The fourth-order valence-electron chi connectivity index (χ4n) is 0.891. The standard InChI is InChI=1S/C3H5NO5P.Sn/c5-3(6)1-4-2-10(7,8)9;/h2H2,(H,5,6)(H2,7,8,9);/q-1;+2/p-1. The first-order valence-corrected chi connectivity index (χ1v) is 8.44. The molecular formula is C3H4NO5PSn. The van der Waals surface area contributed by atoms with Crippen LogP contribution in [0.2, 0.25) is 0 Å². The van der Waals surface area contributed by atoms with Gasteiger partial charge in [-0.3, -0.25) is 0 Å². The summed E-state index contributed by atoms with van der Waals surface area (Å²) in [4.78, 5) is 27.5. The van der Waals surface area contributed by atoms with Crippen LogP contribution in [0, 0.1) is 0 Å². The molecule has 60 valence electrons. The average molecular weight is 284 g/mol. The molecule has 0 saturated carbocycles. The van der Waals surface area contributed by atoms with Crippen molar-refractivity contribution in [1.29, 1.82) is 0 Å². The Labute approximate surface area is 69.0 Å². The summed E-state index contributed by atoms with van der Waals surface area (Å²) in [5, 5.41) is 0. The van der Waals surface area contributed by atoms with Crippen molar-refractivity contribution in [1.82, 2.24) is 3.12 Å². The molecule has 2 N–H and O–H groups in total. The van der Waals surface area contributed by atoms with Gasteiger partial charge in [-0.05, 0) is 0 Å². The monoisotopic (exact) mass is 285 g/mol. The van der Waals surface area contributed by atoms with Crippen LogP contribution in [0.25, 0.3) is 0 Å². The van der Waals surface area contributed by atoms with E-state index in [-0.39, 0.29) is 12.3 Å². The van der Waals surface area contributed by atoms with E-state index in [1.807, 2.05) is 0 Å². The van der Waals surface area contributed by atoms with Gasteiger partial charge < -0.3 is 0 Å². The van der Waals surface area contributed by atoms with Gasteiger partial charge in [0.15, 0.2) is 0 Å². The number of hydrogen-bond donors (Lipinski definition) is 2. The van der Waals surface area contributed by atoms with E-state index in [9.17, 15) is 9.36 Å². The van der Waals surface area contributed by atoms with Crippen LogP contribution in [0.15, 0.2) is 0 Å². The molecule has 0 saturated heterocycles. The molecule has 0 aromatic rings. The Kier molecular flexibility index (Phi) is 1.53.